The molecule has 0 amide bonds. The molecule has 1 atom stereocenters. The van der Waals surface area contributed by atoms with E-state index in [1.54, 1.807) is 18.7 Å². The van der Waals surface area contributed by atoms with E-state index in [4.69, 9.17) is 0 Å². The van der Waals surface area contributed by atoms with Crippen molar-refractivity contribution in [2.75, 3.05) is 12.4 Å². The van der Waals surface area contributed by atoms with Gasteiger partial charge in [-0.2, -0.15) is 0 Å². The van der Waals surface area contributed by atoms with Crippen LogP contribution in [0.1, 0.15) is 50.8 Å². The van der Waals surface area contributed by atoms with Crippen molar-refractivity contribution < 1.29 is 0 Å². The van der Waals surface area contributed by atoms with Crippen LogP contribution in [0.3, 0.4) is 0 Å². The lowest BCUT2D eigenvalue weighted by atomic mass is 9.93. The molecule has 0 spiro atoms. The van der Waals surface area contributed by atoms with Gasteiger partial charge in [-0.3, -0.25) is 9.36 Å². The predicted molar refractivity (Wildman–Crippen MR) is 89.9 cm³/mol. The maximum absolute atomic E-state index is 12.4. The van der Waals surface area contributed by atoms with Gasteiger partial charge in [-0.1, -0.05) is 25.5 Å². The van der Waals surface area contributed by atoms with Crippen molar-refractivity contribution >= 4 is 5.95 Å². The Morgan fingerprint density at radius 1 is 1.38 bits per heavy atom. The zero-order valence-electron chi connectivity index (χ0n) is 14.1. The number of anilines is 1. The largest absolute Gasteiger partial charge is 0.359 e. The summed E-state index contributed by atoms with van der Waals surface area (Å²) in [7, 11) is 3.56. The summed E-state index contributed by atoms with van der Waals surface area (Å²) in [6.07, 6.45) is 9.70. The topological polar surface area (TPSA) is 46.9 Å². The normalized spacial score (nSPS) is 12.8. The minimum Gasteiger partial charge on any atom is -0.359 e. The van der Waals surface area contributed by atoms with Crippen molar-refractivity contribution in [3.05, 3.63) is 33.8 Å². The van der Waals surface area contributed by atoms with Gasteiger partial charge in [0.1, 0.15) is 0 Å². The van der Waals surface area contributed by atoms with Crippen LogP contribution in [0.15, 0.2) is 16.9 Å². The van der Waals surface area contributed by atoms with E-state index in [9.17, 15) is 4.79 Å². The first-order valence-corrected chi connectivity index (χ1v) is 7.90. The summed E-state index contributed by atoms with van der Waals surface area (Å²) in [5.41, 5.74) is 1.79. The fourth-order valence-corrected chi connectivity index (χ4v) is 2.67. The van der Waals surface area contributed by atoms with E-state index in [0.717, 1.165) is 30.5 Å². The molecule has 0 saturated carbocycles. The molecule has 0 saturated heterocycles. The summed E-state index contributed by atoms with van der Waals surface area (Å²) in [5.74, 6) is 1.30. The minimum atomic E-state index is 0.0788. The third-order valence-electron chi connectivity index (χ3n) is 4.17. The molecule has 1 unspecified atom stereocenters. The van der Waals surface area contributed by atoms with Crippen molar-refractivity contribution in [2.45, 2.75) is 52.9 Å². The number of rotatable bonds is 8. The molecule has 0 aliphatic heterocycles. The Hall–Kier alpha value is -1.58. The second-order valence-electron chi connectivity index (χ2n) is 5.57. The van der Waals surface area contributed by atoms with E-state index in [0.29, 0.717) is 11.9 Å². The van der Waals surface area contributed by atoms with Gasteiger partial charge in [0.2, 0.25) is 5.95 Å². The van der Waals surface area contributed by atoms with E-state index in [1.165, 1.54) is 12.8 Å². The second kappa shape index (κ2) is 8.65. The quantitative estimate of drug-likeness (QED) is 0.746. The van der Waals surface area contributed by atoms with Crippen LogP contribution >= 0.6 is 0 Å². The maximum Gasteiger partial charge on any atom is 0.258 e. The molecule has 0 aliphatic carbocycles. The van der Waals surface area contributed by atoms with Gasteiger partial charge in [0.15, 0.2) is 0 Å². The van der Waals surface area contributed by atoms with Crippen LogP contribution in [-0.4, -0.2) is 16.6 Å². The third kappa shape index (κ3) is 4.73. The average Bonchev–Trinajstić information content (AvgIpc) is 2.49. The zero-order valence-corrected chi connectivity index (χ0v) is 14.1. The molecule has 0 aliphatic rings. The molecule has 4 nitrogen and oxygen atoms in total. The average molecular weight is 291 g/mol. The highest BCUT2D eigenvalue weighted by atomic mass is 16.1. The van der Waals surface area contributed by atoms with Crippen molar-refractivity contribution in [3.8, 4) is 0 Å². The van der Waals surface area contributed by atoms with Crippen molar-refractivity contribution in [2.24, 2.45) is 13.0 Å². The van der Waals surface area contributed by atoms with Crippen molar-refractivity contribution in [1.82, 2.24) is 9.55 Å². The molecular weight excluding hydrogens is 262 g/mol. The van der Waals surface area contributed by atoms with Gasteiger partial charge >= 0.3 is 0 Å². The van der Waals surface area contributed by atoms with Crippen LogP contribution in [-0.2, 0) is 13.5 Å². The van der Waals surface area contributed by atoms with E-state index in [-0.39, 0.29) is 5.56 Å². The van der Waals surface area contributed by atoms with Crippen LogP contribution in [0.2, 0.25) is 0 Å². The van der Waals surface area contributed by atoms with Gasteiger partial charge in [-0.25, -0.2) is 4.98 Å². The maximum atomic E-state index is 12.4. The Balaban J connectivity index is 2.79. The Labute approximate surface area is 128 Å². The first-order valence-electron chi connectivity index (χ1n) is 7.90. The SMILES string of the molecule is CC=CCCC(CC)CCc1c(C)nc(NC)n(C)c1=O. The van der Waals surface area contributed by atoms with Crippen LogP contribution in [0, 0.1) is 12.8 Å². The molecule has 1 aromatic rings. The van der Waals surface area contributed by atoms with Gasteiger partial charge in [0.05, 0.1) is 0 Å². The molecule has 1 rings (SSSR count). The second-order valence-corrected chi connectivity index (χ2v) is 5.57. The number of aromatic nitrogens is 2. The van der Waals surface area contributed by atoms with Crippen LogP contribution < -0.4 is 10.9 Å². The molecule has 21 heavy (non-hydrogen) atoms. The molecule has 0 fully saturated rings. The summed E-state index contributed by atoms with van der Waals surface area (Å²) < 4.78 is 1.60. The number of aryl methyl sites for hydroxylation is 1. The van der Waals surface area contributed by atoms with Crippen molar-refractivity contribution in [3.63, 3.8) is 0 Å². The van der Waals surface area contributed by atoms with E-state index >= 15 is 0 Å². The summed E-state index contributed by atoms with van der Waals surface area (Å²) >= 11 is 0. The molecule has 1 N–H and O–H groups in total. The molecule has 0 aromatic carbocycles. The number of hydrogen-bond donors (Lipinski definition) is 1. The van der Waals surface area contributed by atoms with Gasteiger partial charge in [0.25, 0.3) is 5.56 Å². The lowest BCUT2D eigenvalue weighted by Crippen LogP contribution is -2.26. The number of nitrogens with one attached hydrogen (secondary N) is 1. The fraction of sp³-hybridized carbons (Fsp3) is 0.647. The zero-order chi connectivity index (χ0) is 15.8. The van der Waals surface area contributed by atoms with Gasteiger partial charge in [-0.05, 0) is 45.4 Å². The Morgan fingerprint density at radius 2 is 2.10 bits per heavy atom. The molecule has 1 heterocycles. The summed E-state index contributed by atoms with van der Waals surface area (Å²) in [6, 6.07) is 0. The highest BCUT2D eigenvalue weighted by Gasteiger charge is 2.13. The highest BCUT2D eigenvalue weighted by molar-refractivity contribution is 5.30. The van der Waals surface area contributed by atoms with Gasteiger partial charge in [0, 0.05) is 25.4 Å². The number of hydrogen-bond acceptors (Lipinski definition) is 3. The molecule has 4 heteroatoms. The first kappa shape index (κ1) is 17.5. The molecule has 0 bridgehead atoms. The standard InChI is InChI=1S/C17H29N3O/c1-6-8-9-10-14(7-2)11-12-15-13(3)19-17(18-4)20(5)16(15)21/h6,8,14H,7,9-12H2,1-5H3,(H,18,19). The Kier molecular flexibility index (Phi) is 7.20. The van der Waals surface area contributed by atoms with Gasteiger partial charge in [-0.15, -0.1) is 0 Å². The molecule has 118 valence electrons. The summed E-state index contributed by atoms with van der Waals surface area (Å²) in [4.78, 5) is 16.9. The third-order valence-corrected chi connectivity index (χ3v) is 4.17. The highest BCUT2D eigenvalue weighted by Crippen LogP contribution is 2.19. The van der Waals surface area contributed by atoms with Crippen molar-refractivity contribution in [1.29, 1.82) is 0 Å². The van der Waals surface area contributed by atoms with E-state index < -0.39 is 0 Å². The Morgan fingerprint density at radius 3 is 2.67 bits per heavy atom. The molecule has 1 aromatic heterocycles. The van der Waals surface area contributed by atoms with Crippen LogP contribution in [0.4, 0.5) is 5.95 Å². The van der Waals surface area contributed by atoms with E-state index in [1.807, 2.05) is 6.92 Å². The molecule has 0 radical (unpaired) electrons. The monoisotopic (exact) mass is 291 g/mol. The Bertz CT molecular complexity index is 532. The lowest BCUT2D eigenvalue weighted by molar-refractivity contribution is 0.439. The fourth-order valence-electron chi connectivity index (χ4n) is 2.67. The first-order chi connectivity index (χ1) is 10.0. The van der Waals surface area contributed by atoms with Crippen LogP contribution in [0.25, 0.3) is 0 Å². The lowest BCUT2D eigenvalue weighted by Gasteiger charge is -2.15. The van der Waals surface area contributed by atoms with E-state index in [2.05, 4.69) is 36.3 Å². The minimum absolute atomic E-state index is 0.0788. The smallest absolute Gasteiger partial charge is 0.258 e. The van der Waals surface area contributed by atoms with Gasteiger partial charge < -0.3 is 5.32 Å². The molecular formula is C17H29N3O. The van der Waals surface area contributed by atoms with Crippen LogP contribution in [0.5, 0.6) is 0 Å². The number of allylic oxidation sites excluding steroid dienone is 2. The summed E-state index contributed by atoms with van der Waals surface area (Å²) in [5, 5.41) is 2.96. The summed E-state index contributed by atoms with van der Waals surface area (Å²) in [6.45, 7) is 6.22. The predicted octanol–water partition coefficient (Wildman–Crippen LogP) is 3.45. The number of nitrogens with zero attached hydrogens (tertiary/aromatic N) is 2.